The molecule has 0 bridgehead atoms. The van der Waals surface area contributed by atoms with Crippen molar-refractivity contribution in [1.82, 2.24) is 9.80 Å². The Morgan fingerprint density at radius 1 is 0.911 bits per heavy atom. The number of amides is 2. The Kier molecular flexibility index (Phi) is 10.4. The third-order valence-corrected chi connectivity index (χ3v) is 9.79. The maximum absolute atomic E-state index is 14.2. The van der Waals surface area contributed by atoms with Gasteiger partial charge in [0.25, 0.3) is 5.91 Å². The quantitative estimate of drug-likeness (QED) is 0.307. The number of primary amides is 1. The lowest BCUT2D eigenvalue weighted by Gasteiger charge is -2.43. The lowest BCUT2D eigenvalue weighted by molar-refractivity contribution is -0.125. The predicted molar refractivity (Wildman–Crippen MR) is 174 cm³/mol. The first-order valence-corrected chi connectivity index (χ1v) is 15.7. The summed E-state index contributed by atoms with van der Waals surface area (Å²) in [6.45, 7) is 2.90. The van der Waals surface area contributed by atoms with Crippen LogP contribution in [0.3, 0.4) is 0 Å². The summed E-state index contributed by atoms with van der Waals surface area (Å²) in [5.41, 5.74) is 7.48. The van der Waals surface area contributed by atoms with Crippen molar-refractivity contribution in [2.75, 3.05) is 54.1 Å². The second-order valence-electron chi connectivity index (χ2n) is 11.4. The van der Waals surface area contributed by atoms with Crippen molar-refractivity contribution in [3.05, 3.63) is 87.4 Å². The molecule has 1 unspecified atom stereocenters. The molecule has 2 fully saturated rings. The maximum Gasteiger partial charge on any atom is 0.254 e. The number of methoxy groups -OCH3 is 3. The van der Waals surface area contributed by atoms with Crippen LogP contribution in [0.1, 0.15) is 46.8 Å². The van der Waals surface area contributed by atoms with Crippen molar-refractivity contribution in [1.29, 1.82) is 0 Å². The summed E-state index contributed by atoms with van der Waals surface area (Å²) in [5, 5.41) is 0.833. The fourth-order valence-corrected chi connectivity index (χ4v) is 6.87. The molecule has 9 nitrogen and oxygen atoms in total. The van der Waals surface area contributed by atoms with Gasteiger partial charge in [-0.15, -0.1) is 0 Å². The fraction of sp³-hybridized carbons (Fsp3) is 0.412. The zero-order valence-corrected chi connectivity index (χ0v) is 27.3. The summed E-state index contributed by atoms with van der Waals surface area (Å²) in [5.74, 6) is 0.703. The number of nitrogens with two attached hydrogens (primary N) is 1. The third-order valence-electron chi connectivity index (χ3n) is 9.05. The number of rotatable bonds is 10. The van der Waals surface area contributed by atoms with Gasteiger partial charge in [0.15, 0.2) is 11.5 Å². The highest BCUT2D eigenvalue weighted by Crippen LogP contribution is 2.41. The van der Waals surface area contributed by atoms with Crippen LogP contribution in [0.4, 0.5) is 0 Å². The molecule has 11 heteroatoms. The number of ether oxygens (including phenoxy) is 4. The molecule has 0 aliphatic carbocycles. The highest BCUT2D eigenvalue weighted by molar-refractivity contribution is 6.42. The van der Waals surface area contributed by atoms with Gasteiger partial charge in [0.2, 0.25) is 11.7 Å². The zero-order valence-electron chi connectivity index (χ0n) is 25.8. The summed E-state index contributed by atoms with van der Waals surface area (Å²) in [6.07, 6.45) is 1.61. The molecule has 5 rings (SSSR count). The third kappa shape index (κ3) is 6.72. The summed E-state index contributed by atoms with van der Waals surface area (Å²) in [7, 11) is 4.55. The van der Waals surface area contributed by atoms with Crippen LogP contribution in [-0.4, -0.2) is 81.8 Å². The Morgan fingerprint density at radius 3 is 2.16 bits per heavy atom. The second kappa shape index (κ2) is 14.3. The molecule has 3 aromatic carbocycles. The van der Waals surface area contributed by atoms with Gasteiger partial charge in [0.1, 0.15) is 0 Å². The van der Waals surface area contributed by atoms with E-state index in [0.717, 1.165) is 30.8 Å². The minimum Gasteiger partial charge on any atom is -0.493 e. The number of carbonyl (C=O) groups is 2. The highest BCUT2D eigenvalue weighted by Gasteiger charge is 2.42. The van der Waals surface area contributed by atoms with Crippen LogP contribution < -0.4 is 19.9 Å². The molecule has 240 valence electrons. The van der Waals surface area contributed by atoms with E-state index in [1.54, 1.807) is 24.3 Å². The van der Waals surface area contributed by atoms with Gasteiger partial charge < -0.3 is 34.5 Å². The fourth-order valence-electron chi connectivity index (χ4n) is 6.57. The van der Waals surface area contributed by atoms with Crippen LogP contribution in [0.15, 0.2) is 60.7 Å². The smallest absolute Gasteiger partial charge is 0.254 e. The molecule has 2 heterocycles. The van der Waals surface area contributed by atoms with E-state index in [-0.39, 0.29) is 17.9 Å². The van der Waals surface area contributed by atoms with Crippen molar-refractivity contribution < 1.29 is 28.5 Å². The molecule has 3 aromatic rings. The summed E-state index contributed by atoms with van der Waals surface area (Å²) in [6, 6.07) is 18.1. The Hall–Kier alpha value is -3.50. The molecule has 45 heavy (non-hydrogen) atoms. The number of piperidine rings is 1. The Balaban J connectivity index is 1.38. The average Bonchev–Trinajstić information content (AvgIpc) is 3.07. The van der Waals surface area contributed by atoms with Crippen LogP contribution in [-0.2, 0) is 14.9 Å². The number of hydrogen-bond donors (Lipinski definition) is 1. The monoisotopic (exact) mass is 655 g/mol. The molecule has 2 aliphatic rings. The maximum atomic E-state index is 14.2. The summed E-state index contributed by atoms with van der Waals surface area (Å²) < 4.78 is 22.8. The van der Waals surface area contributed by atoms with Gasteiger partial charge in [-0.1, -0.05) is 59.6 Å². The first kappa shape index (κ1) is 32.9. The van der Waals surface area contributed by atoms with Gasteiger partial charge in [0, 0.05) is 18.7 Å². The molecular weight excluding hydrogens is 617 g/mol. The van der Waals surface area contributed by atoms with Crippen LogP contribution in [0.5, 0.6) is 17.2 Å². The van der Waals surface area contributed by atoms with Crippen molar-refractivity contribution in [3.8, 4) is 17.2 Å². The zero-order chi connectivity index (χ0) is 32.1. The molecular formula is C34H39Cl2N3O6. The molecule has 2 aliphatic heterocycles. The van der Waals surface area contributed by atoms with E-state index < -0.39 is 11.5 Å². The molecule has 0 aromatic heterocycles. The summed E-state index contributed by atoms with van der Waals surface area (Å²) >= 11 is 12.7. The molecule has 0 radical (unpaired) electrons. The highest BCUT2D eigenvalue weighted by atomic mass is 35.5. The minimum atomic E-state index is -0.675. The second-order valence-corrected chi connectivity index (χ2v) is 12.2. The van der Waals surface area contributed by atoms with E-state index in [4.69, 9.17) is 47.9 Å². The van der Waals surface area contributed by atoms with E-state index in [1.807, 2.05) is 41.3 Å². The Labute approximate surface area is 274 Å². The average molecular weight is 657 g/mol. The number of carbonyl (C=O) groups excluding carboxylic acids is 2. The first-order valence-electron chi connectivity index (χ1n) is 15.0. The SMILES string of the molecule is COc1cc(C(=O)N2CCO[C@H](CCN3CCC(C(N)=O)(c4ccccc4)CC3)C2c2ccc(Cl)c(Cl)c2)cc(OC)c1OC. The van der Waals surface area contributed by atoms with Crippen LogP contribution in [0, 0.1) is 0 Å². The van der Waals surface area contributed by atoms with Gasteiger partial charge in [-0.2, -0.15) is 0 Å². The predicted octanol–water partition coefficient (Wildman–Crippen LogP) is 5.51. The van der Waals surface area contributed by atoms with E-state index in [2.05, 4.69) is 4.90 Å². The lowest BCUT2D eigenvalue weighted by Crippen LogP contribution is -2.51. The molecule has 2 N–H and O–H groups in total. The van der Waals surface area contributed by atoms with E-state index in [1.165, 1.54) is 21.3 Å². The largest absolute Gasteiger partial charge is 0.493 e. The molecule has 2 saturated heterocycles. The number of likely N-dealkylation sites (tertiary alicyclic amines) is 1. The number of halogens is 2. The van der Waals surface area contributed by atoms with Gasteiger partial charge in [0.05, 0.1) is 55.5 Å². The topological polar surface area (TPSA) is 104 Å². The van der Waals surface area contributed by atoms with Gasteiger partial charge >= 0.3 is 0 Å². The normalized spacial score (nSPS) is 20.0. The molecule has 0 spiro atoms. The number of benzene rings is 3. The van der Waals surface area contributed by atoms with Gasteiger partial charge in [-0.25, -0.2) is 0 Å². The molecule has 2 atom stereocenters. The Morgan fingerprint density at radius 2 is 1.58 bits per heavy atom. The molecule has 0 saturated carbocycles. The van der Waals surface area contributed by atoms with Crippen molar-refractivity contribution in [3.63, 3.8) is 0 Å². The Bertz CT molecular complexity index is 1490. The minimum absolute atomic E-state index is 0.203. The lowest BCUT2D eigenvalue weighted by atomic mass is 9.72. The van der Waals surface area contributed by atoms with Crippen molar-refractivity contribution in [2.45, 2.75) is 36.8 Å². The number of nitrogens with zero attached hydrogens (tertiary/aromatic N) is 2. The van der Waals surface area contributed by atoms with Gasteiger partial charge in [-0.05, 0) is 67.7 Å². The van der Waals surface area contributed by atoms with E-state index in [9.17, 15) is 9.59 Å². The number of morpholine rings is 1. The van der Waals surface area contributed by atoms with Gasteiger partial charge in [-0.3, -0.25) is 9.59 Å². The van der Waals surface area contributed by atoms with E-state index >= 15 is 0 Å². The van der Waals surface area contributed by atoms with E-state index in [0.29, 0.717) is 65.3 Å². The van der Waals surface area contributed by atoms with Crippen molar-refractivity contribution >= 4 is 35.0 Å². The molecule has 2 amide bonds. The standard InChI is InChI=1S/C34H39Cl2N3O6/c1-42-28-20-23(21-29(43-2)31(28)44-3)32(40)39-17-18-45-27(30(39)22-9-10-25(35)26(36)19-22)11-14-38-15-12-34(13-16-38,33(37)41)24-7-5-4-6-8-24/h4-10,19-21,27,30H,11-18H2,1-3H3,(H2,37,41)/t27-,30?/m1/s1. The first-order chi connectivity index (χ1) is 21.7. The van der Waals surface area contributed by atoms with Crippen LogP contribution in [0.2, 0.25) is 10.0 Å². The van der Waals surface area contributed by atoms with Crippen LogP contribution in [0.25, 0.3) is 0 Å². The number of hydrogen-bond acceptors (Lipinski definition) is 7. The van der Waals surface area contributed by atoms with Crippen molar-refractivity contribution in [2.24, 2.45) is 5.73 Å². The van der Waals surface area contributed by atoms with Crippen LogP contribution >= 0.6 is 23.2 Å². The summed E-state index contributed by atoms with van der Waals surface area (Å²) in [4.78, 5) is 31.0.